The molecule has 0 aliphatic carbocycles. The molecule has 1 aromatic carbocycles. The third-order valence-corrected chi connectivity index (χ3v) is 5.43. The molecule has 0 spiro atoms. The maximum absolute atomic E-state index is 13.1. The van der Waals surface area contributed by atoms with E-state index in [1.165, 1.54) is 0 Å². The summed E-state index contributed by atoms with van der Waals surface area (Å²) in [5.74, 6) is -0.351. The average Bonchev–Trinajstić information content (AvgIpc) is 3.30. The quantitative estimate of drug-likeness (QED) is 0.772. The van der Waals surface area contributed by atoms with Gasteiger partial charge in [-0.3, -0.25) is 4.79 Å². The first kappa shape index (κ1) is 18.4. The van der Waals surface area contributed by atoms with Crippen molar-refractivity contribution in [2.75, 3.05) is 17.7 Å². The topological polar surface area (TPSA) is 104 Å². The van der Waals surface area contributed by atoms with Crippen LogP contribution in [0, 0.1) is 5.92 Å². The number of pyridine rings is 1. The number of nitrogens with one attached hydrogen (secondary N) is 1. The van der Waals surface area contributed by atoms with Crippen molar-refractivity contribution in [3.63, 3.8) is 0 Å². The summed E-state index contributed by atoms with van der Waals surface area (Å²) in [7, 11) is 0. The lowest BCUT2D eigenvalue weighted by atomic mass is 9.75. The van der Waals surface area contributed by atoms with Gasteiger partial charge in [0.1, 0.15) is 5.82 Å². The molecule has 1 amide bonds. The van der Waals surface area contributed by atoms with Crippen molar-refractivity contribution < 1.29 is 19.1 Å². The summed E-state index contributed by atoms with van der Waals surface area (Å²) >= 11 is 0. The highest BCUT2D eigenvalue weighted by molar-refractivity contribution is 5.95. The van der Waals surface area contributed by atoms with E-state index in [2.05, 4.69) is 10.3 Å². The third-order valence-electron chi connectivity index (χ3n) is 5.43. The van der Waals surface area contributed by atoms with Gasteiger partial charge in [-0.05, 0) is 61.7 Å². The van der Waals surface area contributed by atoms with Crippen LogP contribution in [-0.2, 0) is 14.3 Å². The van der Waals surface area contributed by atoms with E-state index in [9.17, 15) is 9.59 Å². The van der Waals surface area contributed by atoms with E-state index in [1.807, 2.05) is 12.1 Å². The van der Waals surface area contributed by atoms with Crippen molar-refractivity contribution in [3.8, 4) is 0 Å². The number of rotatable bonds is 5. The van der Waals surface area contributed by atoms with Crippen LogP contribution in [-0.4, -0.2) is 35.7 Å². The van der Waals surface area contributed by atoms with E-state index in [4.69, 9.17) is 15.2 Å². The Morgan fingerprint density at radius 2 is 1.96 bits per heavy atom. The predicted molar refractivity (Wildman–Crippen MR) is 104 cm³/mol. The second-order valence-electron chi connectivity index (χ2n) is 7.14. The van der Waals surface area contributed by atoms with Crippen molar-refractivity contribution in [1.82, 2.24) is 4.98 Å². The Bertz CT molecular complexity index is 883. The Kier molecular flexibility index (Phi) is 5.00. The molecule has 4 atom stereocenters. The number of hydrogen-bond acceptors (Lipinski definition) is 6. The number of esters is 1. The number of benzene rings is 1. The Balaban J connectivity index is 1.51. The fourth-order valence-electron chi connectivity index (χ4n) is 4.24. The molecule has 0 unspecified atom stereocenters. The summed E-state index contributed by atoms with van der Waals surface area (Å²) in [4.78, 5) is 28.9. The Morgan fingerprint density at radius 3 is 2.68 bits per heavy atom. The van der Waals surface area contributed by atoms with E-state index in [0.29, 0.717) is 23.7 Å². The van der Waals surface area contributed by atoms with Gasteiger partial charge in [0.15, 0.2) is 0 Å². The zero-order valence-corrected chi connectivity index (χ0v) is 15.6. The van der Waals surface area contributed by atoms with E-state index in [1.54, 1.807) is 37.4 Å². The average molecular weight is 381 g/mol. The number of amides is 1. The Morgan fingerprint density at radius 1 is 1.21 bits per heavy atom. The maximum atomic E-state index is 13.1. The molecule has 2 aliphatic rings. The number of aromatic nitrogens is 1. The predicted octanol–water partition coefficient (Wildman–Crippen LogP) is 2.74. The van der Waals surface area contributed by atoms with Crippen LogP contribution < -0.4 is 11.1 Å². The van der Waals surface area contributed by atoms with Gasteiger partial charge in [0, 0.05) is 17.8 Å². The molecule has 2 saturated heterocycles. The van der Waals surface area contributed by atoms with Crippen molar-refractivity contribution in [3.05, 3.63) is 53.7 Å². The number of ether oxygens (including phenoxy) is 2. The molecule has 28 heavy (non-hydrogen) atoms. The third kappa shape index (κ3) is 3.45. The van der Waals surface area contributed by atoms with Gasteiger partial charge >= 0.3 is 5.97 Å². The van der Waals surface area contributed by atoms with Gasteiger partial charge in [-0.25, -0.2) is 9.78 Å². The minimum absolute atomic E-state index is 0.0220. The van der Waals surface area contributed by atoms with E-state index >= 15 is 0 Å². The first-order valence-electron chi connectivity index (χ1n) is 9.51. The molecular weight excluding hydrogens is 358 g/mol. The fraction of sp³-hybridized carbons (Fsp3) is 0.381. The summed E-state index contributed by atoms with van der Waals surface area (Å²) in [5.41, 5.74) is 7.91. The van der Waals surface area contributed by atoms with Crippen LogP contribution in [0.4, 0.5) is 11.5 Å². The largest absolute Gasteiger partial charge is 0.462 e. The number of anilines is 2. The molecule has 2 bridgehead atoms. The van der Waals surface area contributed by atoms with Crippen molar-refractivity contribution in [1.29, 1.82) is 0 Å². The van der Waals surface area contributed by atoms with Crippen LogP contribution in [0.5, 0.6) is 0 Å². The van der Waals surface area contributed by atoms with Gasteiger partial charge in [-0.2, -0.15) is 0 Å². The number of carbonyl (C=O) groups excluding carboxylic acids is 2. The van der Waals surface area contributed by atoms with Gasteiger partial charge in [0.2, 0.25) is 5.91 Å². The highest BCUT2D eigenvalue weighted by Crippen LogP contribution is 2.49. The second-order valence-corrected chi connectivity index (χ2v) is 7.14. The van der Waals surface area contributed by atoms with Crippen molar-refractivity contribution in [2.24, 2.45) is 5.92 Å². The molecule has 1 aromatic heterocycles. The number of nitrogens with zero attached hydrogens (tertiary/aromatic N) is 1. The maximum Gasteiger partial charge on any atom is 0.338 e. The van der Waals surface area contributed by atoms with Crippen molar-refractivity contribution >= 4 is 23.4 Å². The molecule has 3 N–H and O–H groups in total. The summed E-state index contributed by atoms with van der Waals surface area (Å²) < 4.78 is 11.0. The molecular formula is C21H23N3O4. The molecule has 4 rings (SSSR count). The fourth-order valence-corrected chi connectivity index (χ4v) is 4.24. The minimum atomic E-state index is -0.378. The summed E-state index contributed by atoms with van der Waals surface area (Å²) in [6.07, 6.45) is 3.41. The van der Waals surface area contributed by atoms with Gasteiger partial charge in [0.05, 0.1) is 30.3 Å². The minimum Gasteiger partial charge on any atom is -0.462 e. The van der Waals surface area contributed by atoms with Gasteiger partial charge < -0.3 is 20.5 Å². The number of nitrogens with two attached hydrogens (primary N) is 1. The molecule has 2 fully saturated rings. The van der Waals surface area contributed by atoms with E-state index in [-0.39, 0.29) is 35.9 Å². The van der Waals surface area contributed by atoms with Crippen LogP contribution in [0.2, 0.25) is 0 Å². The molecule has 2 aromatic rings. The summed E-state index contributed by atoms with van der Waals surface area (Å²) in [6, 6.07) is 10.4. The molecule has 7 nitrogen and oxygen atoms in total. The van der Waals surface area contributed by atoms with Gasteiger partial charge in [-0.15, -0.1) is 0 Å². The summed E-state index contributed by atoms with van der Waals surface area (Å²) in [5, 5.41) is 2.96. The number of fused-ring (bicyclic) bond motifs is 2. The number of hydrogen-bond donors (Lipinski definition) is 2. The van der Waals surface area contributed by atoms with Crippen molar-refractivity contribution in [2.45, 2.75) is 37.9 Å². The molecule has 2 aliphatic heterocycles. The number of carbonyl (C=O) groups is 2. The Labute approximate surface area is 163 Å². The zero-order chi connectivity index (χ0) is 19.7. The molecule has 3 heterocycles. The van der Waals surface area contributed by atoms with Crippen LogP contribution >= 0.6 is 0 Å². The second kappa shape index (κ2) is 7.59. The lowest BCUT2D eigenvalue weighted by Gasteiger charge is -2.27. The van der Waals surface area contributed by atoms with Crippen LogP contribution in [0.3, 0.4) is 0 Å². The monoisotopic (exact) mass is 381 g/mol. The van der Waals surface area contributed by atoms with E-state index in [0.717, 1.165) is 18.4 Å². The van der Waals surface area contributed by atoms with Crippen LogP contribution in [0.25, 0.3) is 0 Å². The first-order valence-corrected chi connectivity index (χ1v) is 9.51. The standard InChI is InChI=1S/C21H23N3O4/c1-2-27-21(26)12-3-5-14(6-4-12)24-20(25)19-16-8-7-15(28-16)18(19)13-9-10-23-17(22)11-13/h3-6,9-11,15-16,18-19H,2,7-8H2,1H3,(H2,22,23)(H,24,25)/t15-,16+,18-,19+/m0/s1. The number of nitrogen functional groups attached to an aromatic ring is 1. The van der Waals surface area contributed by atoms with Crippen LogP contribution in [0.15, 0.2) is 42.6 Å². The molecule has 0 saturated carbocycles. The zero-order valence-electron chi connectivity index (χ0n) is 15.6. The Hall–Kier alpha value is -2.93. The lowest BCUT2D eigenvalue weighted by Crippen LogP contribution is -2.36. The van der Waals surface area contributed by atoms with Crippen LogP contribution in [0.1, 0.15) is 41.6 Å². The molecule has 7 heteroatoms. The lowest BCUT2D eigenvalue weighted by molar-refractivity contribution is -0.121. The van der Waals surface area contributed by atoms with Gasteiger partial charge in [0.25, 0.3) is 0 Å². The molecule has 0 radical (unpaired) electrons. The first-order chi connectivity index (χ1) is 13.6. The van der Waals surface area contributed by atoms with Gasteiger partial charge in [-0.1, -0.05) is 0 Å². The van der Waals surface area contributed by atoms with E-state index < -0.39 is 0 Å². The SMILES string of the molecule is CCOC(=O)c1ccc(NC(=O)[C@H]2[C@@H](c3ccnc(N)c3)[C@@H]3CC[C@H]2O3)cc1. The smallest absolute Gasteiger partial charge is 0.338 e. The highest BCUT2D eigenvalue weighted by Gasteiger charge is 2.52. The normalized spacial score (nSPS) is 25.5. The highest BCUT2D eigenvalue weighted by atomic mass is 16.5. The summed E-state index contributed by atoms with van der Waals surface area (Å²) in [6.45, 7) is 2.08. The molecule has 146 valence electrons.